The second-order valence-electron chi connectivity index (χ2n) is 5.82. The highest BCUT2D eigenvalue weighted by Gasteiger charge is 2.15. The summed E-state index contributed by atoms with van der Waals surface area (Å²) in [5.74, 6) is 0.302. The fourth-order valence-corrected chi connectivity index (χ4v) is 3.26. The summed E-state index contributed by atoms with van der Waals surface area (Å²) in [4.78, 5) is 30.4. The molecule has 0 aliphatic rings. The van der Waals surface area contributed by atoms with Crippen LogP contribution in [0.15, 0.2) is 47.4 Å². The maximum Gasteiger partial charge on any atom is 0.263 e. The Morgan fingerprint density at radius 3 is 2.58 bits per heavy atom. The van der Waals surface area contributed by atoms with Crippen LogP contribution in [0.3, 0.4) is 0 Å². The van der Waals surface area contributed by atoms with Gasteiger partial charge in [-0.1, -0.05) is 12.1 Å². The maximum atomic E-state index is 12.7. The van der Waals surface area contributed by atoms with Crippen LogP contribution in [0.25, 0.3) is 0 Å². The molecule has 2 heterocycles. The molecule has 0 fully saturated rings. The average Bonchev–Trinajstić information content (AvgIpc) is 2.94. The lowest BCUT2D eigenvalue weighted by atomic mass is 10.2. The zero-order valence-corrected chi connectivity index (χ0v) is 15.6. The van der Waals surface area contributed by atoms with Crippen LogP contribution in [0.2, 0.25) is 0 Å². The van der Waals surface area contributed by atoms with Gasteiger partial charge in [0.2, 0.25) is 0 Å². The summed E-state index contributed by atoms with van der Waals surface area (Å²) >= 11 is 1.39. The number of hydrogen-bond acceptors (Lipinski definition) is 5. The minimum absolute atomic E-state index is 0.0894. The van der Waals surface area contributed by atoms with E-state index in [1.807, 2.05) is 38.1 Å². The number of aromatic nitrogens is 2. The first-order valence-corrected chi connectivity index (χ1v) is 8.87. The summed E-state index contributed by atoms with van der Waals surface area (Å²) in [6, 6.07) is 10.7. The van der Waals surface area contributed by atoms with Crippen LogP contribution in [-0.2, 0) is 6.54 Å². The molecule has 6 nitrogen and oxygen atoms in total. The molecule has 3 aromatic rings. The Hall–Kier alpha value is -2.93. The van der Waals surface area contributed by atoms with Crippen molar-refractivity contribution in [2.45, 2.75) is 20.4 Å². The largest absolute Gasteiger partial charge is 0.497 e. The van der Waals surface area contributed by atoms with Crippen molar-refractivity contribution in [3.8, 4) is 5.75 Å². The molecule has 0 saturated carbocycles. The third kappa shape index (κ3) is 3.83. The number of rotatable bonds is 5. The third-order valence-corrected chi connectivity index (χ3v) is 5.01. The summed E-state index contributed by atoms with van der Waals surface area (Å²) < 4.78 is 6.64. The van der Waals surface area contributed by atoms with E-state index in [0.717, 1.165) is 21.9 Å². The van der Waals surface area contributed by atoms with Crippen molar-refractivity contribution in [2.75, 3.05) is 12.4 Å². The smallest absolute Gasteiger partial charge is 0.263 e. The fourth-order valence-electron chi connectivity index (χ4n) is 2.45. The van der Waals surface area contributed by atoms with Gasteiger partial charge in [-0.25, -0.2) is 4.98 Å². The zero-order valence-electron chi connectivity index (χ0n) is 14.8. The summed E-state index contributed by atoms with van der Waals surface area (Å²) in [6.07, 6.45) is 1.67. The van der Waals surface area contributed by atoms with Crippen LogP contribution in [0.1, 0.15) is 26.5 Å². The fraction of sp³-hybridized carbons (Fsp3) is 0.211. The summed E-state index contributed by atoms with van der Waals surface area (Å²) in [6.45, 7) is 4.19. The molecule has 134 valence electrons. The number of anilines is 1. The molecule has 1 amide bonds. The molecule has 0 aliphatic heterocycles. The first-order valence-electron chi connectivity index (χ1n) is 8.05. The Labute approximate surface area is 155 Å². The van der Waals surface area contributed by atoms with Gasteiger partial charge in [0, 0.05) is 11.1 Å². The zero-order chi connectivity index (χ0) is 18.7. The van der Waals surface area contributed by atoms with Crippen molar-refractivity contribution in [2.24, 2.45) is 0 Å². The number of ether oxygens (including phenoxy) is 1. The number of pyridine rings is 1. The Kier molecular flexibility index (Phi) is 5.18. The van der Waals surface area contributed by atoms with Crippen LogP contribution < -0.4 is 15.6 Å². The number of nitrogens with one attached hydrogen (secondary N) is 1. The number of methoxy groups -OCH3 is 1. The van der Waals surface area contributed by atoms with Crippen molar-refractivity contribution in [3.05, 3.63) is 74.6 Å². The Bertz CT molecular complexity index is 971. The van der Waals surface area contributed by atoms with Crippen molar-refractivity contribution in [3.63, 3.8) is 0 Å². The molecule has 0 bridgehead atoms. The first kappa shape index (κ1) is 17.9. The molecule has 0 spiro atoms. The van der Waals surface area contributed by atoms with E-state index in [-0.39, 0.29) is 11.1 Å². The molecular weight excluding hydrogens is 350 g/mol. The lowest BCUT2D eigenvalue weighted by Crippen LogP contribution is -2.29. The van der Waals surface area contributed by atoms with Gasteiger partial charge in [-0.2, -0.15) is 0 Å². The van der Waals surface area contributed by atoms with Gasteiger partial charge < -0.3 is 9.30 Å². The quantitative estimate of drug-likeness (QED) is 0.749. The minimum Gasteiger partial charge on any atom is -0.497 e. The number of aryl methyl sites for hydroxylation is 2. The minimum atomic E-state index is -0.451. The number of benzene rings is 1. The van der Waals surface area contributed by atoms with Gasteiger partial charge >= 0.3 is 0 Å². The molecule has 1 N–H and O–H groups in total. The van der Waals surface area contributed by atoms with Gasteiger partial charge in [-0.3, -0.25) is 14.9 Å². The van der Waals surface area contributed by atoms with Crippen molar-refractivity contribution in [1.29, 1.82) is 0 Å². The number of carbonyl (C=O) groups excluding carboxylic acids is 1. The third-order valence-electron chi connectivity index (χ3n) is 4.03. The SMILES string of the molecule is COc1ccc(Cn2cccc(C(=O)Nc3nc(C)c(C)s3)c2=O)cc1. The standard InChI is InChI=1S/C19H19N3O3S/c1-12-13(2)26-19(20-12)21-17(23)16-5-4-10-22(18(16)24)11-14-6-8-15(25-3)9-7-14/h4-10H,11H2,1-3H3,(H,20,21,23). The molecule has 0 radical (unpaired) electrons. The van der Waals surface area contributed by atoms with Crippen molar-refractivity contribution >= 4 is 22.4 Å². The topological polar surface area (TPSA) is 73.2 Å². The van der Waals surface area contributed by atoms with Crippen molar-refractivity contribution in [1.82, 2.24) is 9.55 Å². The highest BCUT2D eigenvalue weighted by molar-refractivity contribution is 7.15. The maximum absolute atomic E-state index is 12.7. The highest BCUT2D eigenvalue weighted by Crippen LogP contribution is 2.21. The van der Waals surface area contributed by atoms with E-state index >= 15 is 0 Å². The van der Waals surface area contributed by atoms with E-state index in [0.29, 0.717) is 11.7 Å². The second-order valence-corrected chi connectivity index (χ2v) is 7.02. The second kappa shape index (κ2) is 7.53. The highest BCUT2D eigenvalue weighted by atomic mass is 32.1. The molecule has 2 aromatic heterocycles. The monoisotopic (exact) mass is 369 g/mol. The Morgan fingerprint density at radius 2 is 1.96 bits per heavy atom. The summed E-state index contributed by atoms with van der Waals surface area (Å²) in [5, 5.41) is 3.20. The van der Waals surface area contributed by atoms with Gasteiger partial charge in [0.15, 0.2) is 5.13 Å². The summed E-state index contributed by atoms with van der Waals surface area (Å²) in [5.41, 5.74) is 1.56. The number of nitrogens with zero attached hydrogens (tertiary/aromatic N) is 2. The van der Waals surface area contributed by atoms with E-state index in [9.17, 15) is 9.59 Å². The molecule has 0 aliphatic carbocycles. The molecule has 0 saturated heterocycles. The van der Waals surface area contributed by atoms with E-state index in [1.54, 1.807) is 19.4 Å². The predicted octanol–water partition coefficient (Wildman–Crippen LogP) is 3.23. The van der Waals surface area contributed by atoms with E-state index in [4.69, 9.17) is 4.74 Å². The van der Waals surface area contributed by atoms with Crippen molar-refractivity contribution < 1.29 is 9.53 Å². The average molecular weight is 369 g/mol. The lowest BCUT2D eigenvalue weighted by Gasteiger charge is -2.09. The van der Waals surface area contributed by atoms with Crippen LogP contribution in [-0.4, -0.2) is 22.6 Å². The normalized spacial score (nSPS) is 10.6. The Balaban J connectivity index is 1.81. The molecule has 7 heteroatoms. The number of thiazole rings is 1. The van der Waals surface area contributed by atoms with Crippen LogP contribution >= 0.6 is 11.3 Å². The Morgan fingerprint density at radius 1 is 1.23 bits per heavy atom. The molecule has 3 rings (SSSR count). The van der Waals surface area contributed by atoms with Gasteiger partial charge in [0.1, 0.15) is 11.3 Å². The van der Waals surface area contributed by atoms with Gasteiger partial charge in [-0.15, -0.1) is 11.3 Å². The van der Waals surface area contributed by atoms with Gasteiger partial charge in [-0.05, 0) is 43.7 Å². The van der Waals surface area contributed by atoms with Crippen LogP contribution in [0.4, 0.5) is 5.13 Å². The summed E-state index contributed by atoms with van der Waals surface area (Å²) in [7, 11) is 1.60. The molecule has 0 unspecified atom stereocenters. The number of carbonyl (C=O) groups is 1. The van der Waals surface area contributed by atoms with E-state index in [2.05, 4.69) is 10.3 Å². The van der Waals surface area contributed by atoms with E-state index < -0.39 is 5.91 Å². The van der Waals surface area contributed by atoms with Gasteiger partial charge in [0.25, 0.3) is 11.5 Å². The molecule has 26 heavy (non-hydrogen) atoms. The van der Waals surface area contributed by atoms with Crippen LogP contribution in [0, 0.1) is 13.8 Å². The number of hydrogen-bond donors (Lipinski definition) is 1. The lowest BCUT2D eigenvalue weighted by molar-refractivity contribution is 0.102. The number of amides is 1. The predicted molar refractivity (Wildman–Crippen MR) is 102 cm³/mol. The first-order chi connectivity index (χ1) is 12.5. The van der Waals surface area contributed by atoms with Gasteiger partial charge in [0.05, 0.1) is 19.3 Å². The molecular formula is C19H19N3O3S. The molecule has 0 atom stereocenters. The van der Waals surface area contributed by atoms with Crippen LogP contribution in [0.5, 0.6) is 5.75 Å². The van der Waals surface area contributed by atoms with E-state index in [1.165, 1.54) is 22.0 Å². The molecule has 1 aromatic carbocycles.